The standard InChI is InChI=1S/C25H31N5.CH2O2/c1-17-12-20(13-18(2)23(17)30-10-8-29(5)9-11-30)21-14-22-19(6-7-25(3,4)26)15-27-24(22)28-16-21;2-1-3/h12-16H,8-11,26H2,1-5H3,(H,27,28);1H,(H,2,3). The maximum absolute atomic E-state index is 8.36. The number of piperazine rings is 1. The average molecular weight is 448 g/mol. The van der Waals surface area contributed by atoms with Gasteiger partial charge in [0, 0.05) is 55.2 Å². The van der Waals surface area contributed by atoms with Crippen molar-refractivity contribution < 1.29 is 9.90 Å². The molecule has 174 valence electrons. The molecule has 0 atom stereocenters. The zero-order valence-corrected chi connectivity index (χ0v) is 20.1. The lowest BCUT2D eigenvalue weighted by Crippen LogP contribution is -2.45. The quantitative estimate of drug-likeness (QED) is 0.411. The van der Waals surface area contributed by atoms with Gasteiger partial charge in [0.05, 0.1) is 11.1 Å². The highest BCUT2D eigenvalue weighted by Gasteiger charge is 2.18. The van der Waals surface area contributed by atoms with Gasteiger partial charge in [-0.1, -0.05) is 11.8 Å². The zero-order valence-electron chi connectivity index (χ0n) is 20.1. The molecule has 3 heterocycles. The highest BCUT2D eigenvalue weighted by Crippen LogP contribution is 2.32. The van der Waals surface area contributed by atoms with E-state index in [1.165, 1.54) is 22.4 Å². The number of hydrogen-bond acceptors (Lipinski definition) is 5. The first-order valence-corrected chi connectivity index (χ1v) is 11.0. The van der Waals surface area contributed by atoms with Gasteiger partial charge in [0.15, 0.2) is 0 Å². The molecule has 7 nitrogen and oxygen atoms in total. The highest BCUT2D eigenvalue weighted by molar-refractivity contribution is 5.87. The third-order valence-electron chi connectivity index (χ3n) is 5.69. The van der Waals surface area contributed by atoms with Crippen LogP contribution in [0.4, 0.5) is 5.69 Å². The number of H-pyrrole nitrogens is 1. The molecule has 4 rings (SSSR count). The molecular weight excluding hydrogens is 414 g/mol. The molecule has 4 N–H and O–H groups in total. The summed E-state index contributed by atoms with van der Waals surface area (Å²) in [4.78, 5) is 21.1. The van der Waals surface area contributed by atoms with Crippen LogP contribution in [-0.4, -0.2) is 65.2 Å². The number of carboxylic acid groups (broad SMARTS) is 1. The van der Waals surface area contributed by atoms with Gasteiger partial charge in [-0.05, 0) is 69.6 Å². The lowest BCUT2D eigenvalue weighted by molar-refractivity contribution is -0.122. The Kier molecular flexibility index (Phi) is 7.42. The second kappa shape index (κ2) is 10.1. The molecule has 33 heavy (non-hydrogen) atoms. The predicted octanol–water partition coefficient (Wildman–Crippen LogP) is 3.39. The van der Waals surface area contributed by atoms with E-state index >= 15 is 0 Å². The molecule has 1 aliphatic heterocycles. The van der Waals surface area contributed by atoms with Crippen molar-refractivity contribution in [2.24, 2.45) is 5.73 Å². The van der Waals surface area contributed by atoms with Gasteiger partial charge in [-0.15, -0.1) is 0 Å². The number of nitrogens with zero attached hydrogens (tertiary/aromatic N) is 3. The highest BCUT2D eigenvalue weighted by atomic mass is 16.3. The van der Waals surface area contributed by atoms with E-state index in [4.69, 9.17) is 15.6 Å². The first kappa shape index (κ1) is 24.3. The van der Waals surface area contributed by atoms with E-state index in [9.17, 15) is 0 Å². The fourth-order valence-electron chi connectivity index (χ4n) is 4.14. The van der Waals surface area contributed by atoms with Crippen LogP contribution < -0.4 is 10.6 Å². The molecule has 2 aromatic heterocycles. The summed E-state index contributed by atoms with van der Waals surface area (Å²) < 4.78 is 0. The fraction of sp³-hybridized carbons (Fsp3) is 0.385. The topological polar surface area (TPSA) is 98.5 Å². The van der Waals surface area contributed by atoms with Crippen molar-refractivity contribution in [3.63, 3.8) is 0 Å². The van der Waals surface area contributed by atoms with Crippen LogP contribution in [0.2, 0.25) is 0 Å². The number of hydrogen-bond donors (Lipinski definition) is 3. The van der Waals surface area contributed by atoms with Crippen LogP contribution >= 0.6 is 0 Å². The minimum Gasteiger partial charge on any atom is -0.483 e. The van der Waals surface area contributed by atoms with Crippen LogP contribution in [0.25, 0.3) is 22.2 Å². The van der Waals surface area contributed by atoms with Gasteiger partial charge in [-0.2, -0.15) is 0 Å². The molecule has 1 aromatic carbocycles. The summed E-state index contributed by atoms with van der Waals surface area (Å²) in [5.41, 5.74) is 13.6. The van der Waals surface area contributed by atoms with Gasteiger partial charge >= 0.3 is 0 Å². The summed E-state index contributed by atoms with van der Waals surface area (Å²) in [6.07, 6.45) is 3.85. The SMILES string of the molecule is Cc1cc(-c2cnc3[nH]cc(C#CC(C)(C)N)c3c2)cc(C)c1N1CCN(C)CC1.O=CO. The summed E-state index contributed by atoms with van der Waals surface area (Å²) in [5, 5.41) is 7.92. The Labute approximate surface area is 195 Å². The van der Waals surface area contributed by atoms with Crippen molar-refractivity contribution in [1.82, 2.24) is 14.9 Å². The van der Waals surface area contributed by atoms with Crippen LogP contribution in [0.3, 0.4) is 0 Å². The maximum atomic E-state index is 8.36. The summed E-state index contributed by atoms with van der Waals surface area (Å²) in [6.45, 7) is 12.4. The molecule has 1 saturated heterocycles. The molecule has 7 heteroatoms. The summed E-state index contributed by atoms with van der Waals surface area (Å²) in [5.74, 6) is 6.32. The Morgan fingerprint density at radius 2 is 1.73 bits per heavy atom. The Morgan fingerprint density at radius 1 is 1.12 bits per heavy atom. The predicted molar refractivity (Wildman–Crippen MR) is 135 cm³/mol. The minimum atomic E-state index is -0.526. The summed E-state index contributed by atoms with van der Waals surface area (Å²) in [7, 11) is 2.19. The van der Waals surface area contributed by atoms with Gasteiger partial charge in [0.1, 0.15) is 5.65 Å². The van der Waals surface area contributed by atoms with Crippen molar-refractivity contribution in [2.75, 3.05) is 38.1 Å². The van der Waals surface area contributed by atoms with Crippen LogP contribution in [0.1, 0.15) is 30.5 Å². The van der Waals surface area contributed by atoms with Gasteiger partial charge in [-0.25, -0.2) is 4.98 Å². The first-order valence-electron chi connectivity index (χ1n) is 11.0. The third-order valence-corrected chi connectivity index (χ3v) is 5.69. The maximum Gasteiger partial charge on any atom is 0.290 e. The number of aromatic amines is 1. The van der Waals surface area contributed by atoms with Crippen molar-refractivity contribution in [3.05, 3.63) is 47.3 Å². The minimum absolute atomic E-state index is 0.250. The van der Waals surface area contributed by atoms with Crippen LogP contribution in [-0.2, 0) is 4.79 Å². The number of benzene rings is 1. The number of pyridine rings is 1. The van der Waals surface area contributed by atoms with Gasteiger partial charge in [0.25, 0.3) is 6.47 Å². The average Bonchev–Trinajstić information content (AvgIpc) is 3.15. The van der Waals surface area contributed by atoms with Gasteiger partial charge in [-0.3, -0.25) is 4.79 Å². The smallest absolute Gasteiger partial charge is 0.290 e. The normalized spacial score (nSPS) is 14.3. The van der Waals surface area contributed by atoms with Crippen molar-refractivity contribution >= 4 is 23.2 Å². The Hall–Kier alpha value is -3.34. The molecule has 0 amide bonds. The summed E-state index contributed by atoms with van der Waals surface area (Å²) in [6, 6.07) is 6.74. The van der Waals surface area contributed by atoms with E-state index in [1.54, 1.807) is 0 Å². The largest absolute Gasteiger partial charge is 0.483 e. The number of nitrogens with one attached hydrogen (secondary N) is 1. The van der Waals surface area contributed by atoms with Crippen LogP contribution in [0, 0.1) is 25.7 Å². The number of anilines is 1. The molecule has 1 fully saturated rings. The molecule has 3 aromatic rings. The van der Waals surface area contributed by atoms with E-state index in [0.29, 0.717) is 0 Å². The van der Waals surface area contributed by atoms with Crippen molar-refractivity contribution in [1.29, 1.82) is 0 Å². The van der Waals surface area contributed by atoms with E-state index in [1.807, 2.05) is 26.2 Å². The van der Waals surface area contributed by atoms with E-state index in [2.05, 4.69) is 70.7 Å². The molecular formula is C26H33N5O2. The van der Waals surface area contributed by atoms with Crippen LogP contribution in [0.15, 0.2) is 30.6 Å². The van der Waals surface area contributed by atoms with E-state index < -0.39 is 5.54 Å². The van der Waals surface area contributed by atoms with E-state index in [-0.39, 0.29) is 6.47 Å². The fourth-order valence-corrected chi connectivity index (χ4v) is 4.14. The molecule has 0 unspecified atom stereocenters. The number of likely N-dealkylation sites (N-methyl/N-ethyl adjacent to an activating group) is 1. The first-order chi connectivity index (χ1) is 15.6. The zero-order chi connectivity index (χ0) is 24.2. The number of aryl methyl sites for hydroxylation is 2. The summed E-state index contributed by atoms with van der Waals surface area (Å²) >= 11 is 0. The monoisotopic (exact) mass is 447 g/mol. The molecule has 1 aliphatic rings. The lowest BCUT2D eigenvalue weighted by Gasteiger charge is -2.36. The van der Waals surface area contributed by atoms with Crippen LogP contribution in [0.5, 0.6) is 0 Å². The third kappa shape index (κ3) is 5.92. The second-order valence-electron chi connectivity index (χ2n) is 9.15. The molecule has 0 saturated carbocycles. The van der Waals surface area contributed by atoms with Crippen molar-refractivity contribution in [2.45, 2.75) is 33.2 Å². The number of nitrogens with two attached hydrogens (primary N) is 1. The number of aromatic nitrogens is 2. The molecule has 0 radical (unpaired) electrons. The molecule has 0 bridgehead atoms. The molecule has 0 aliphatic carbocycles. The van der Waals surface area contributed by atoms with Crippen molar-refractivity contribution in [3.8, 4) is 23.0 Å². The van der Waals surface area contributed by atoms with E-state index in [0.717, 1.165) is 48.3 Å². The number of carbonyl (C=O) groups is 1. The number of rotatable bonds is 2. The van der Waals surface area contributed by atoms with Gasteiger partial charge < -0.3 is 25.6 Å². The Bertz CT molecular complexity index is 1170. The second-order valence-corrected chi connectivity index (χ2v) is 9.15. The number of fused-ring (bicyclic) bond motifs is 1. The Balaban J connectivity index is 0.000000968. The lowest BCUT2D eigenvalue weighted by atomic mass is 9.98. The molecule has 0 spiro atoms. The Morgan fingerprint density at radius 3 is 2.30 bits per heavy atom. The van der Waals surface area contributed by atoms with Gasteiger partial charge in [0.2, 0.25) is 0 Å².